The third-order valence-electron chi connectivity index (χ3n) is 3.69. The summed E-state index contributed by atoms with van der Waals surface area (Å²) in [7, 11) is 0. The van der Waals surface area contributed by atoms with E-state index in [0.717, 1.165) is 5.69 Å². The zero-order valence-corrected chi connectivity index (χ0v) is 10.8. The minimum Gasteiger partial charge on any atom is -0.386 e. The fraction of sp³-hybridized carbons (Fsp3) is 0.500. The molecule has 2 aromatic rings. The second-order valence-corrected chi connectivity index (χ2v) is 5.08. The second-order valence-electron chi connectivity index (χ2n) is 5.08. The largest absolute Gasteiger partial charge is 0.386 e. The van der Waals surface area contributed by atoms with E-state index in [0.29, 0.717) is 18.2 Å². The zero-order chi connectivity index (χ0) is 13.1. The summed E-state index contributed by atoms with van der Waals surface area (Å²) >= 11 is 0. The van der Waals surface area contributed by atoms with Gasteiger partial charge >= 0.3 is 0 Å². The Labute approximate surface area is 112 Å². The Morgan fingerprint density at radius 2 is 2.16 bits per heavy atom. The maximum Gasteiger partial charge on any atom is 0.103 e. The van der Waals surface area contributed by atoms with Crippen molar-refractivity contribution in [3.05, 3.63) is 42.2 Å². The third-order valence-corrected chi connectivity index (χ3v) is 3.69. The van der Waals surface area contributed by atoms with E-state index in [9.17, 15) is 5.11 Å². The lowest BCUT2D eigenvalue weighted by Gasteiger charge is -2.10. The summed E-state index contributed by atoms with van der Waals surface area (Å²) in [4.78, 5) is 8.08. The number of nitrogens with zero attached hydrogens (tertiary/aromatic N) is 4. The zero-order valence-electron chi connectivity index (χ0n) is 10.8. The van der Waals surface area contributed by atoms with Crippen molar-refractivity contribution in [2.75, 3.05) is 0 Å². The molecule has 2 heterocycles. The predicted molar refractivity (Wildman–Crippen MR) is 70.4 cm³/mol. The van der Waals surface area contributed by atoms with Crippen molar-refractivity contribution in [1.29, 1.82) is 0 Å². The van der Waals surface area contributed by atoms with E-state index in [-0.39, 0.29) is 0 Å². The molecule has 1 atom stereocenters. The molecule has 0 amide bonds. The number of aliphatic hydroxyl groups excluding tert-OH is 1. The second kappa shape index (κ2) is 5.48. The molecule has 0 radical (unpaired) electrons. The molecule has 0 spiro atoms. The number of hydrogen-bond acceptors (Lipinski definition) is 4. The number of aromatic nitrogens is 4. The van der Waals surface area contributed by atoms with Crippen molar-refractivity contribution in [2.24, 2.45) is 0 Å². The van der Waals surface area contributed by atoms with Crippen LogP contribution >= 0.6 is 0 Å². The molecule has 100 valence electrons. The van der Waals surface area contributed by atoms with E-state index in [1.54, 1.807) is 18.6 Å². The number of hydrogen-bond donors (Lipinski definition) is 1. The third kappa shape index (κ3) is 2.81. The van der Waals surface area contributed by atoms with Crippen molar-refractivity contribution >= 4 is 0 Å². The predicted octanol–water partition coefficient (Wildman–Crippen LogP) is 2.06. The molecular formula is C14H18N4O. The van der Waals surface area contributed by atoms with Crippen LogP contribution in [0.15, 0.2) is 30.9 Å². The Hall–Kier alpha value is -1.75. The van der Waals surface area contributed by atoms with Gasteiger partial charge in [-0.15, -0.1) is 0 Å². The molecule has 1 unspecified atom stereocenters. The molecule has 1 aliphatic carbocycles. The average molecular weight is 258 g/mol. The van der Waals surface area contributed by atoms with Crippen LogP contribution in [0.5, 0.6) is 0 Å². The van der Waals surface area contributed by atoms with Crippen molar-refractivity contribution in [2.45, 2.75) is 44.2 Å². The summed E-state index contributed by atoms with van der Waals surface area (Å²) in [6.45, 7) is 0. The highest BCUT2D eigenvalue weighted by Gasteiger charge is 2.18. The lowest BCUT2D eigenvalue weighted by Crippen LogP contribution is -2.08. The molecule has 0 saturated heterocycles. The fourth-order valence-electron chi connectivity index (χ4n) is 2.64. The maximum atomic E-state index is 10.1. The Morgan fingerprint density at radius 3 is 2.89 bits per heavy atom. The van der Waals surface area contributed by atoms with Crippen LogP contribution in [0.4, 0.5) is 0 Å². The highest BCUT2D eigenvalue weighted by Crippen LogP contribution is 2.29. The summed E-state index contributed by atoms with van der Waals surface area (Å²) in [5, 5.41) is 14.7. The highest BCUT2D eigenvalue weighted by atomic mass is 16.3. The van der Waals surface area contributed by atoms with Crippen LogP contribution in [0.2, 0.25) is 0 Å². The summed E-state index contributed by atoms with van der Waals surface area (Å²) < 4.78 is 2.05. The van der Waals surface area contributed by atoms with E-state index < -0.39 is 6.10 Å². The molecule has 0 bridgehead atoms. The van der Waals surface area contributed by atoms with E-state index in [1.165, 1.54) is 25.7 Å². The average Bonchev–Trinajstić information content (AvgIpc) is 3.10. The van der Waals surface area contributed by atoms with Crippen LogP contribution in [-0.4, -0.2) is 24.9 Å². The van der Waals surface area contributed by atoms with Gasteiger partial charge in [-0.25, -0.2) is 0 Å². The summed E-state index contributed by atoms with van der Waals surface area (Å²) in [5.41, 5.74) is 1.50. The van der Waals surface area contributed by atoms with Gasteiger partial charge in [0.2, 0.25) is 0 Å². The van der Waals surface area contributed by atoms with E-state index in [2.05, 4.69) is 15.1 Å². The summed E-state index contributed by atoms with van der Waals surface area (Å²) in [6.07, 6.45) is 11.7. The van der Waals surface area contributed by atoms with E-state index in [1.807, 2.05) is 16.9 Å². The van der Waals surface area contributed by atoms with Crippen LogP contribution in [0.3, 0.4) is 0 Å². The molecule has 3 rings (SSSR count). The Bertz CT molecular complexity index is 519. The van der Waals surface area contributed by atoms with E-state index >= 15 is 0 Å². The van der Waals surface area contributed by atoms with Gasteiger partial charge in [0.15, 0.2) is 0 Å². The molecule has 1 saturated carbocycles. The molecule has 19 heavy (non-hydrogen) atoms. The first kappa shape index (κ1) is 12.3. The molecule has 1 N–H and O–H groups in total. The van der Waals surface area contributed by atoms with Gasteiger partial charge in [-0.1, -0.05) is 12.8 Å². The number of rotatable bonds is 4. The first-order chi connectivity index (χ1) is 9.33. The molecule has 5 nitrogen and oxygen atoms in total. The first-order valence-corrected chi connectivity index (χ1v) is 6.81. The molecule has 0 aliphatic heterocycles. The first-order valence-electron chi connectivity index (χ1n) is 6.81. The van der Waals surface area contributed by atoms with Crippen molar-refractivity contribution < 1.29 is 5.11 Å². The molecule has 5 heteroatoms. The molecule has 0 aromatic carbocycles. The van der Waals surface area contributed by atoms with Crippen LogP contribution in [0.25, 0.3) is 0 Å². The van der Waals surface area contributed by atoms with Gasteiger partial charge in [0, 0.05) is 25.0 Å². The smallest absolute Gasteiger partial charge is 0.103 e. The van der Waals surface area contributed by atoms with Crippen LogP contribution in [0, 0.1) is 0 Å². The van der Waals surface area contributed by atoms with Gasteiger partial charge in [0.05, 0.1) is 23.6 Å². The lowest BCUT2D eigenvalue weighted by atomic mass is 10.1. The van der Waals surface area contributed by atoms with Crippen LogP contribution in [-0.2, 0) is 6.42 Å². The highest BCUT2D eigenvalue weighted by molar-refractivity contribution is 5.07. The van der Waals surface area contributed by atoms with E-state index in [4.69, 9.17) is 0 Å². The standard InChI is InChI=1S/C14H18N4O/c19-14(13-10-15-6-7-16-13)9-11-5-8-18(17-11)12-3-1-2-4-12/h5-8,10,12,14,19H,1-4,9H2. The van der Waals surface area contributed by atoms with Gasteiger partial charge in [-0.3, -0.25) is 14.6 Å². The Kier molecular flexibility index (Phi) is 3.55. The van der Waals surface area contributed by atoms with Gasteiger partial charge in [0.25, 0.3) is 0 Å². The summed E-state index contributed by atoms with van der Waals surface area (Å²) in [5.74, 6) is 0. The monoisotopic (exact) mass is 258 g/mol. The minimum absolute atomic E-state index is 0.485. The van der Waals surface area contributed by atoms with Gasteiger partial charge in [0.1, 0.15) is 6.10 Å². The fourth-order valence-corrected chi connectivity index (χ4v) is 2.64. The Morgan fingerprint density at radius 1 is 1.32 bits per heavy atom. The van der Waals surface area contributed by atoms with Gasteiger partial charge in [-0.2, -0.15) is 5.10 Å². The lowest BCUT2D eigenvalue weighted by molar-refractivity contribution is 0.171. The normalized spacial score (nSPS) is 17.7. The minimum atomic E-state index is -0.638. The molecular weight excluding hydrogens is 240 g/mol. The number of aliphatic hydroxyl groups is 1. The molecule has 1 aliphatic rings. The van der Waals surface area contributed by atoms with Crippen molar-refractivity contribution in [3.8, 4) is 0 Å². The SMILES string of the molecule is OC(Cc1ccn(C2CCCC2)n1)c1cnccn1. The Balaban J connectivity index is 1.66. The van der Waals surface area contributed by atoms with Crippen molar-refractivity contribution in [1.82, 2.24) is 19.7 Å². The van der Waals surface area contributed by atoms with Crippen molar-refractivity contribution in [3.63, 3.8) is 0 Å². The van der Waals surface area contributed by atoms with Crippen LogP contribution in [0.1, 0.15) is 49.2 Å². The quantitative estimate of drug-likeness (QED) is 0.911. The maximum absolute atomic E-state index is 10.1. The summed E-state index contributed by atoms with van der Waals surface area (Å²) in [6, 6.07) is 2.53. The van der Waals surface area contributed by atoms with Gasteiger partial charge < -0.3 is 5.11 Å². The topological polar surface area (TPSA) is 63.8 Å². The molecule has 2 aromatic heterocycles. The van der Waals surface area contributed by atoms with Crippen LogP contribution < -0.4 is 0 Å². The molecule has 1 fully saturated rings. The van der Waals surface area contributed by atoms with Gasteiger partial charge in [-0.05, 0) is 18.9 Å².